The van der Waals surface area contributed by atoms with Gasteiger partial charge in [-0.25, -0.2) is 43.2 Å². The maximum atomic E-state index is 11.5. The van der Waals surface area contributed by atoms with Gasteiger partial charge in [0.05, 0.1) is 6.42 Å². The topological polar surface area (TPSA) is 579 Å². The minimum absolute atomic E-state index is 0.0946. The van der Waals surface area contributed by atoms with E-state index in [2.05, 4.69) is 18.9 Å². The lowest BCUT2D eigenvalue weighted by atomic mass is 10.1. The number of aliphatic hydroxyl groups excluding tert-OH is 5. The molecule has 33 heteroatoms. The first kappa shape index (κ1) is 61.7. The second-order valence-electron chi connectivity index (χ2n) is 12.0. The highest BCUT2D eigenvalue weighted by Crippen LogP contribution is 2.11. The van der Waals surface area contributed by atoms with Gasteiger partial charge in [-0.1, -0.05) is 0 Å². The van der Waals surface area contributed by atoms with Gasteiger partial charge in [0.25, 0.3) is 0 Å². The van der Waals surface area contributed by atoms with Gasteiger partial charge in [0, 0.05) is 25.7 Å². The fourth-order valence-electron chi connectivity index (χ4n) is 3.65. The Balaban J connectivity index is -0.000000993. The zero-order valence-electron chi connectivity index (χ0n) is 32.6. The molecular formula is C32H42O33. The van der Waals surface area contributed by atoms with Gasteiger partial charge < -0.3 is 95.5 Å². The maximum Gasteiger partial charge on any atom is 0.348 e. The van der Waals surface area contributed by atoms with Crippen LogP contribution in [0.15, 0.2) is 0 Å². The SMILES string of the molecule is O=C(CCCCC(=O)OC(C(=O)O)C(O)C(=O)O)OC(C(=O)O)C(O)C(=O)O.O=C(CCCCC(=O)OC(C(=O)O)C(O)C(=O)O)OC(C(=O)O)C(O)C(=O)O.O=C(O)CC(O)C(=O)O. The molecule has 0 aromatic rings. The van der Waals surface area contributed by atoms with Crippen LogP contribution in [0.1, 0.15) is 57.8 Å². The van der Waals surface area contributed by atoms with Crippen LogP contribution in [0.5, 0.6) is 0 Å². The minimum Gasteiger partial charge on any atom is -0.481 e. The molecule has 0 spiro atoms. The molecule has 33 nitrogen and oxygen atoms in total. The number of carboxylic acids is 10. The van der Waals surface area contributed by atoms with Gasteiger partial charge in [-0.15, -0.1) is 0 Å². The molecule has 65 heavy (non-hydrogen) atoms. The van der Waals surface area contributed by atoms with Crippen molar-refractivity contribution in [1.29, 1.82) is 0 Å². The highest BCUT2D eigenvalue weighted by molar-refractivity contribution is 5.88. The summed E-state index contributed by atoms with van der Waals surface area (Å²) in [5.74, 6) is -22.8. The third-order valence-electron chi connectivity index (χ3n) is 6.84. The Kier molecular flexibility index (Phi) is 29.7. The molecule has 0 aromatic heterocycles. The summed E-state index contributed by atoms with van der Waals surface area (Å²) < 4.78 is 17.3. The minimum atomic E-state index is -2.48. The Morgan fingerprint density at radius 1 is 0.292 bits per heavy atom. The Labute approximate surface area is 359 Å². The fourth-order valence-corrected chi connectivity index (χ4v) is 3.65. The molecule has 9 unspecified atom stereocenters. The molecule has 0 aliphatic heterocycles. The van der Waals surface area contributed by atoms with Gasteiger partial charge in [0.2, 0.25) is 24.4 Å². The second-order valence-corrected chi connectivity index (χ2v) is 12.0. The predicted molar refractivity (Wildman–Crippen MR) is 187 cm³/mol. The van der Waals surface area contributed by atoms with Crippen molar-refractivity contribution < 1.29 is 163 Å². The number of esters is 4. The van der Waals surface area contributed by atoms with Gasteiger partial charge in [-0.2, -0.15) is 0 Å². The van der Waals surface area contributed by atoms with E-state index in [1.54, 1.807) is 0 Å². The van der Waals surface area contributed by atoms with Crippen LogP contribution in [0.3, 0.4) is 0 Å². The quantitative estimate of drug-likeness (QED) is 0.0188. The zero-order valence-corrected chi connectivity index (χ0v) is 32.6. The monoisotopic (exact) mass is 954 g/mol. The van der Waals surface area contributed by atoms with Crippen LogP contribution < -0.4 is 0 Å². The molecule has 0 saturated carbocycles. The number of aliphatic hydroxyl groups is 5. The van der Waals surface area contributed by atoms with Gasteiger partial charge in [0.15, 0.2) is 30.5 Å². The van der Waals surface area contributed by atoms with Crippen LogP contribution in [0, 0.1) is 0 Å². The number of rotatable bonds is 29. The molecule has 0 aliphatic rings. The number of aliphatic carboxylic acids is 10. The summed E-state index contributed by atoms with van der Waals surface area (Å²) in [5, 5.41) is 130. The Morgan fingerprint density at radius 2 is 0.477 bits per heavy atom. The third kappa shape index (κ3) is 27.1. The molecule has 0 amide bonds. The van der Waals surface area contributed by atoms with E-state index in [0.717, 1.165) is 0 Å². The standard InChI is InChI=1S/2C14H18O14.C4H6O5/c2*15-5(27-9(13(23)24)7(17)11(19)20)3-1-2-4-6(16)28-10(14(25)26)8(18)12(21)22;5-2(4(8)9)1-3(6)7/h2*7-10,17-18H,1-4H2,(H,19,20)(H,21,22)(H,23,24)(H,25,26);2,5H,1H2,(H,6,7)(H,8,9). The van der Waals surface area contributed by atoms with E-state index in [4.69, 9.17) is 76.6 Å². The number of hydrogen-bond acceptors (Lipinski definition) is 23. The molecule has 0 fully saturated rings. The van der Waals surface area contributed by atoms with Crippen molar-refractivity contribution >= 4 is 83.6 Å². The number of carbonyl (C=O) groups is 14. The molecule has 0 saturated heterocycles. The van der Waals surface area contributed by atoms with Crippen molar-refractivity contribution in [3.8, 4) is 0 Å². The largest absolute Gasteiger partial charge is 0.481 e. The maximum absolute atomic E-state index is 11.5. The molecule has 15 N–H and O–H groups in total. The normalized spacial score (nSPS) is 14.5. The smallest absolute Gasteiger partial charge is 0.348 e. The van der Waals surface area contributed by atoms with E-state index >= 15 is 0 Å². The van der Waals surface area contributed by atoms with Gasteiger partial charge in [-0.05, 0) is 25.7 Å². The predicted octanol–water partition coefficient (Wildman–Crippen LogP) is -6.23. The Hall–Kier alpha value is -7.62. The zero-order chi connectivity index (χ0) is 51.5. The van der Waals surface area contributed by atoms with Crippen molar-refractivity contribution in [2.45, 2.75) is 113 Å². The lowest BCUT2D eigenvalue weighted by Gasteiger charge is -2.17. The van der Waals surface area contributed by atoms with E-state index in [1.807, 2.05) is 0 Å². The number of carboxylic acid groups (broad SMARTS) is 10. The highest BCUT2D eigenvalue weighted by Gasteiger charge is 2.38. The fraction of sp³-hybridized carbons (Fsp3) is 0.562. The summed E-state index contributed by atoms with van der Waals surface area (Å²) in [6, 6.07) is 0. The van der Waals surface area contributed by atoms with E-state index < -0.39 is 171 Å². The summed E-state index contributed by atoms with van der Waals surface area (Å²) in [7, 11) is 0. The van der Waals surface area contributed by atoms with Crippen LogP contribution in [-0.4, -0.2) is 215 Å². The second kappa shape index (κ2) is 31.3. The summed E-state index contributed by atoms with van der Waals surface area (Å²) in [6.07, 6.45) is -24.0. The van der Waals surface area contributed by atoms with Crippen LogP contribution in [0.25, 0.3) is 0 Å². The van der Waals surface area contributed by atoms with Crippen LogP contribution in [-0.2, 0) is 86.1 Å². The van der Waals surface area contributed by atoms with Crippen LogP contribution in [0.4, 0.5) is 0 Å². The number of ether oxygens (including phenoxy) is 4. The van der Waals surface area contributed by atoms with Gasteiger partial charge in [-0.3, -0.25) is 24.0 Å². The summed E-state index contributed by atoms with van der Waals surface area (Å²) in [4.78, 5) is 151. The van der Waals surface area contributed by atoms with E-state index in [9.17, 15) is 67.1 Å². The molecule has 0 aliphatic carbocycles. The average Bonchev–Trinajstić information content (AvgIpc) is 3.18. The van der Waals surface area contributed by atoms with Crippen LogP contribution >= 0.6 is 0 Å². The number of unbranched alkanes of at least 4 members (excludes halogenated alkanes) is 2. The Bertz CT molecular complexity index is 1520. The van der Waals surface area contributed by atoms with Crippen molar-refractivity contribution in [2.24, 2.45) is 0 Å². The lowest BCUT2D eigenvalue weighted by Crippen LogP contribution is -2.43. The molecule has 0 aromatic carbocycles. The number of carbonyl (C=O) groups excluding carboxylic acids is 4. The van der Waals surface area contributed by atoms with Crippen molar-refractivity contribution in [1.82, 2.24) is 0 Å². The van der Waals surface area contributed by atoms with E-state index in [0.29, 0.717) is 0 Å². The van der Waals surface area contributed by atoms with Crippen LogP contribution in [0.2, 0.25) is 0 Å². The molecule has 0 heterocycles. The van der Waals surface area contributed by atoms with Gasteiger partial charge in [0.1, 0.15) is 0 Å². The molecular weight excluding hydrogens is 912 g/mol. The van der Waals surface area contributed by atoms with Crippen molar-refractivity contribution in [3.05, 3.63) is 0 Å². The molecule has 9 atom stereocenters. The summed E-state index contributed by atoms with van der Waals surface area (Å²) in [6.45, 7) is 0. The van der Waals surface area contributed by atoms with E-state index in [-0.39, 0.29) is 25.7 Å². The van der Waals surface area contributed by atoms with E-state index in [1.165, 1.54) is 0 Å². The first-order chi connectivity index (χ1) is 29.8. The first-order valence-electron chi connectivity index (χ1n) is 17.3. The highest BCUT2D eigenvalue weighted by atomic mass is 16.6. The van der Waals surface area contributed by atoms with Crippen molar-refractivity contribution in [2.75, 3.05) is 0 Å². The summed E-state index contributed by atoms with van der Waals surface area (Å²) >= 11 is 0. The third-order valence-corrected chi connectivity index (χ3v) is 6.84. The number of hydrogen-bond donors (Lipinski definition) is 15. The van der Waals surface area contributed by atoms with Gasteiger partial charge >= 0.3 is 83.6 Å². The molecule has 0 bridgehead atoms. The average molecular weight is 955 g/mol. The first-order valence-corrected chi connectivity index (χ1v) is 17.3. The molecule has 0 radical (unpaired) electrons. The Morgan fingerprint density at radius 3 is 0.585 bits per heavy atom. The molecule has 0 rings (SSSR count). The lowest BCUT2D eigenvalue weighted by molar-refractivity contribution is -0.179. The van der Waals surface area contributed by atoms with Crippen molar-refractivity contribution in [3.63, 3.8) is 0 Å². The summed E-state index contributed by atoms with van der Waals surface area (Å²) in [5.41, 5.74) is 0. The molecule has 368 valence electrons.